The van der Waals surface area contributed by atoms with E-state index in [0.29, 0.717) is 6.07 Å². The molecule has 2 heterocycles. The molecular weight excluding hydrogens is 459 g/mol. The summed E-state index contributed by atoms with van der Waals surface area (Å²) in [6, 6.07) is 4.36. The number of nitrogens with one attached hydrogen (secondary N) is 3. The minimum absolute atomic E-state index is 0.0665. The molecule has 168 valence electrons. The average Bonchev–Trinajstić information content (AvgIpc) is 3.30. The first kappa shape index (κ1) is 22.7. The van der Waals surface area contributed by atoms with Crippen LogP contribution in [0.25, 0.3) is 0 Å². The quantitative estimate of drug-likeness (QED) is 0.368. The Morgan fingerprint density at radius 2 is 1.91 bits per heavy atom. The van der Waals surface area contributed by atoms with Gasteiger partial charge in [-0.1, -0.05) is 11.6 Å². The maximum atomic E-state index is 13.0. The molecule has 10 nitrogen and oxygen atoms in total. The Kier molecular flexibility index (Phi) is 6.11. The summed E-state index contributed by atoms with van der Waals surface area (Å²) >= 11 is 5.54. The number of imidazole rings is 1. The Labute approximate surface area is 181 Å². The van der Waals surface area contributed by atoms with E-state index < -0.39 is 34.7 Å². The van der Waals surface area contributed by atoms with Crippen molar-refractivity contribution in [3.05, 3.63) is 64.0 Å². The fourth-order valence-electron chi connectivity index (χ4n) is 2.62. The molecule has 0 atom stereocenters. The van der Waals surface area contributed by atoms with Crippen molar-refractivity contribution in [2.45, 2.75) is 12.6 Å². The Hall–Kier alpha value is -4.00. The molecule has 0 aliphatic heterocycles. The van der Waals surface area contributed by atoms with E-state index in [2.05, 4.69) is 20.6 Å². The lowest BCUT2D eigenvalue weighted by Crippen LogP contribution is -2.22. The summed E-state index contributed by atoms with van der Waals surface area (Å²) in [6.07, 6.45) is -4.79. The number of carboxylic acids is 1. The fraction of sp³-hybridized carbons (Fsp3) is 0.111. The summed E-state index contributed by atoms with van der Waals surface area (Å²) in [5.74, 6) is -2.55. The third-order valence-corrected chi connectivity index (χ3v) is 4.30. The van der Waals surface area contributed by atoms with Crippen molar-refractivity contribution in [1.82, 2.24) is 9.97 Å². The number of aromatic nitrogens is 2. The zero-order chi connectivity index (χ0) is 23.6. The van der Waals surface area contributed by atoms with Gasteiger partial charge in [-0.15, -0.1) is 0 Å². The van der Waals surface area contributed by atoms with Crippen molar-refractivity contribution in [3.8, 4) is 0 Å². The molecule has 0 aliphatic rings. The van der Waals surface area contributed by atoms with Gasteiger partial charge in [0.05, 0.1) is 17.0 Å². The first-order valence-corrected chi connectivity index (χ1v) is 8.97. The molecule has 32 heavy (non-hydrogen) atoms. The Bertz CT molecular complexity index is 1200. The molecule has 1 aromatic carbocycles. The Morgan fingerprint density at radius 1 is 1.19 bits per heavy atom. The number of rotatable bonds is 6. The summed E-state index contributed by atoms with van der Waals surface area (Å²) < 4.78 is 44.0. The number of aromatic amines is 1. The molecule has 3 aromatic rings. The van der Waals surface area contributed by atoms with Gasteiger partial charge in [0.25, 0.3) is 5.91 Å². The molecule has 14 heteroatoms. The third kappa shape index (κ3) is 5.18. The average molecular weight is 472 g/mol. The highest BCUT2D eigenvalue weighted by Gasteiger charge is 2.33. The van der Waals surface area contributed by atoms with E-state index in [1.54, 1.807) is 0 Å². The lowest BCUT2D eigenvalue weighted by Gasteiger charge is -2.12. The molecule has 0 spiro atoms. The second-order valence-corrected chi connectivity index (χ2v) is 6.70. The molecular formula is C18H13ClF3N5O5. The highest BCUT2D eigenvalue weighted by atomic mass is 35.5. The minimum atomic E-state index is -4.73. The summed E-state index contributed by atoms with van der Waals surface area (Å²) in [6.45, 7) is 0. The van der Waals surface area contributed by atoms with Crippen molar-refractivity contribution < 1.29 is 37.1 Å². The van der Waals surface area contributed by atoms with Crippen molar-refractivity contribution in [2.24, 2.45) is 5.73 Å². The maximum absolute atomic E-state index is 13.0. The van der Waals surface area contributed by atoms with Crippen LogP contribution < -0.4 is 16.4 Å². The number of anilines is 2. The van der Waals surface area contributed by atoms with Gasteiger partial charge in [-0.05, 0) is 30.3 Å². The van der Waals surface area contributed by atoms with Crippen LogP contribution in [0.5, 0.6) is 0 Å². The monoisotopic (exact) mass is 471 g/mol. The Morgan fingerprint density at radius 3 is 2.50 bits per heavy atom. The van der Waals surface area contributed by atoms with Crippen molar-refractivity contribution in [2.75, 3.05) is 10.6 Å². The van der Waals surface area contributed by atoms with E-state index in [9.17, 15) is 27.6 Å². The number of hydrogen-bond acceptors (Lipinski definition) is 5. The molecule has 0 bridgehead atoms. The number of carbonyl (C=O) groups is 3. The smallest absolute Gasteiger partial charge is 0.417 e. The van der Waals surface area contributed by atoms with Crippen LogP contribution in [0.1, 0.15) is 38.2 Å². The van der Waals surface area contributed by atoms with E-state index >= 15 is 0 Å². The zero-order valence-electron chi connectivity index (χ0n) is 15.7. The van der Waals surface area contributed by atoms with Crippen molar-refractivity contribution in [3.63, 3.8) is 0 Å². The van der Waals surface area contributed by atoms with Crippen molar-refractivity contribution in [1.29, 1.82) is 0 Å². The number of amides is 3. The van der Waals surface area contributed by atoms with Crippen molar-refractivity contribution >= 4 is 41.0 Å². The van der Waals surface area contributed by atoms with E-state index in [0.717, 1.165) is 12.1 Å². The van der Waals surface area contributed by atoms with Gasteiger partial charge in [0, 0.05) is 5.69 Å². The third-order valence-electron chi connectivity index (χ3n) is 3.97. The van der Waals surface area contributed by atoms with Gasteiger partial charge in [0.1, 0.15) is 17.3 Å². The first-order chi connectivity index (χ1) is 14.9. The highest BCUT2D eigenvalue weighted by molar-refractivity contribution is 6.31. The lowest BCUT2D eigenvalue weighted by atomic mass is 10.2. The van der Waals surface area contributed by atoms with Crippen LogP contribution >= 0.6 is 11.6 Å². The number of nitrogens with two attached hydrogens (primary N) is 1. The number of carbonyl (C=O) groups excluding carboxylic acids is 2. The van der Waals surface area contributed by atoms with Crippen LogP contribution in [0.2, 0.25) is 5.02 Å². The van der Waals surface area contributed by atoms with Gasteiger partial charge in [-0.2, -0.15) is 13.2 Å². The number of alkyl halides is 3. The molecule has 0 aliphatic carbocycles. The standard InChI is InChI=1S/C18H13ClF3N5O5/c19-10-3-1-7(5-9(10)18(20,21)22)24-17(31)27-15-13(14(23)28)25-12(26-15)6-8-2-4-11(32-8)16(29)30/h1-5H,6H2,(H2,23,28)(H,25,26)(H,29,30)(H2,24,27,31). The number of nitrogens with zero attached hydrogens (tertiary/aromatic N) is 1. The fourth-order valence-corrected chi connectivity index (χ4v) is 2.84. The van der Waals surface area contributed by atoms with Crippen LogP contribution in [0.15, 0.2) is 34.7 Å². The second-order valence-electron chi connectivity index (χ2n) is 6.29. The predicted octanol–water partition coefficient (Wildman–Crippen LogP) is 3.71. The summed E-state index contributed by atoms with van der Waals surface area (Å²) in [4.78, 5) is 41.3. The molecule has 0 saturated heterocycles. The summed E-state index contributed by atoms with van der Waals surface area (Å²) in [7, 11) is 0. The van der Waals surface area contributed by atoms with Crippen LogP contribution in [0.3, 0.4) is 0 Å². The first-order valence-electron chi connectivity index (χ1n) is 8.59. The minimum Gasteiger partial charge on any atom is -0.475 e. The van der Waals surface area contributed by atoms with Gasteiger partial charge < -0.3 is 25.6 Å². The molecule has 2 aromatic heterocycles. The lowest BCUT2D eigenvalue weighted by molar-refractivity contribution is -0.137. The number of aromatic carboxylic acids is 1. The number of primary amides is 1. The molecule has 6 N–H and O–H groups in total. The van der Waals surface area contributed by atoms with E-state index in [-0.39, 0.29) is 41.0 Å². The normalized spacial score (nSPS) is 11.2. The number of carboxylic acid groups (broad SMARTS) is 1. The molecule has 0 unspecified atom stereocenters. The molecule has 0 radical (unpaired) electrons. The number of benzene rings is 1. The Balaban J connectivity index is 1.77. The van der Waals surface area contributed by atoms with Gasteiger partial charge >= 0.3 is 18.2 Å². The van der Waals surface area contributed by atoms with Gasteiger partial charge in [0.2, 0.25) is 5.76 Å². The molecule has 3 amide bonds. The molecule has 0 fully saturated rings. The number of urea groups is 1. The van der Waals surface area contributed by atoms with Gasteiger partial charge in [-0.3, -0.25) is 10.1 Å². The maximum Gasteiger partial charge on any atom is 0.417 e. The van der Waals surface area contributed by atoms with E-state index in [1.165, 1.54) is 12.1 Å². The van der Waals surface area contributed by atoms with Crippen LogP contribution in [0, 0.1) is 0 Å². The van der Waals surface area contributed by atoms with E-state index in [1.807, 2.05) is 0 Å². The topological polar surface area (TPSA) is 163 Å². The van der Waals surface area contributed by atoms with Crippen LogP contribution in [-0.4, -0.2) is 33.0 Å². The predicted molar refractivity (Wildman–Crippen MR) is 105 cm³/mol. The van der Waals surface area contributed by atoms with Crippen LogP contribution in [-0.2, 0) is 12.6 Å². The number of H-pyrrole nitrogens is 1. The highest BCUT2D eigenvalue weighted by Crippen LogP contribution is 2.36. The number of halogens is 4. The van der Waals surface area contributed by atoms with Crippen LogP contribution in [0.4, 0.5) is 29.5 Å². The molecule has 3 rings (SSSR count). The zero-order valence-corrected chi connectivity index (χ0v) is 16.5. The van der Waals surface area contributed by atoms with Gasteiger partial charge in [-0.25, -0.2) is 14.6 Å². The summed E-state index contributed by atoms with van der Waals surface area (Å²) in [5, 5.41) is 12.7. The summed E-state index contributed by atoms with van der Waals surface area (Å²) in [5.41, 5.74) is 3.61. The molecule has 0 saturated carbocycles. The SMILES string of the molecule is NC(=O)c1[nH]c(Cc2ccc(C(=O)O)o2)nc1NC(=O)Nc1ccc(Cl)c(C(F)(F)F)c1. The second kappa shape index (κ2) is 8.63. The largest absolute Gasteiger partial charge is 0.475 e. The van der Waals surface area contributed by atoms with Gasteiger partial charge in [0.15, 0.2) is 5.82 Å². The number of furan rings is 1. The number of hydrogen-bond donors (Lipinski definition) is 5. The van der Waals surface area contributed by atoms with E-state index in [4.69, 9.17) is 26.9 Å².